The van der Waals surface area contributed by atoms with Crippen molar-refractivity contribution in [3.63, 3.8) is 0 Å². The van der Waals surface area contributed by atoms with Crippen molar-refractivity contribution in [2.45, 2.75) is 36.0 Å². The van der Waals surface area contributed by atoms with Gasteiger partial charge in [0.1, 0.15) is 12.2 Å². The molecule has 6 rings (SSSR count). The second kappa shape index (κ2) is 5.15. The Kier molecular flexibility index (Phi) is 3.00. The van der Waals surface area contributed by atoms with E-state index in [1.54, 1.807) is 6.07 Å². The van der Waals surface area contributed by atoms with Crippen molar-refractivity contribution in [1.82, 2.24) is 4.90 Å². The number of rotatable bonds is 1. The highest BCUT2D eigenvalue weighted by Gasteiger charge is 2.66. The molecule has 6 atom stereocenters. The van der Waals surface area contributed by atoms with Crippen molar-refractivity contribution in [1.29, 1.82) is 0 Å². The Morgan fingerprint density at radius 3 is 2.74 bits per heavy atom. The van der Waals surface area contributed by atoms with Gasteiger partial charge < -0.3 is 19.8 Å². The normalized spacial score (nSPS) is 38.4. The topological polar surface area (TPSA) is 52.9 Å². The van der Waals surface area contributed by atoms with Crippen molar-refractivity contribution in [3.8, 4) is 11.5 Å². The molecule has 1 saturated heterocycles. The molecule has 1 spiro atoms. The molecule has 2 aliphatic carbocycles. The van der Waals surface area contributed by atoms with Gasteiger partial charge in [0.25, 0.3) is 0 Å². The first-order valence-corrected chi connectivity index (χ1v) is 9.77. The zero-order valence-electron chi connectivity index (χ0n) is 15.2. The standard InChI is InChI=1S/C23H23NO3/c1-24-12-11-23-15-8-10-17(26)22(23)27-21-16(25)9-7-14(19(21)23)18(20(15)24)13-5-3-2-4-6-13/h2-10,15,17-18,20,22,25-26H,11-12H2,1H3/t15-,17-,18?,20-,22-,23-/m0/s1. The maximum Gasteiger partial charge on any atom is 0.165 e. The Hall–Kier alpha value is -2.30. The minimum absolute atomic E-state index is 0.188. The Morgan fingerprint density at radius 1 is 1.11 bits per heavy atom. The van der Waals surface area contributed by atoms with Crippen LogP contribution in [-0.4, -0.2) is 47.0 Å². The van der Waals surface area contributed by atoms with Gasteiger partial charge in [-0.15, -0.1) is 0 Å². The van der Waals surface area contributed by atoms with E-state index in [-0.39, 0.29) is 29.1 Å². The zero-order valence-corrected chi connectivity index (χ0v) is 15.2. The van der Waals surface area contributed by atoms with Gasteiger partial charge in [-0.25, -0.2) is 0 Å². The van der Waals surface area contributed by atoms with Gasteiger partial charge >= 0.3 is 0 Å². The first-order chi connectivity index (χ1) is 13.1. The molecule has 1 fully saturated rings. The molecule has 27 heavy (non-hydrogen) atoms. The second-order valence-electron chi connectivity index (χ2n) is 8.47. The molecule has 2 N–H and O–H groups in total. The summed E-state index contributed by atoms with van der Waals surface area (Å²) in [6, 6.07) is 14.8. The molecule has 2 aliphatic heterocycles. The van der Waals surface area contributed by atoms with Gasteiger partial charge in [-0.1, -0.05) is 48.6 Å². The lowest BCUT2D eigenvalue weighted by molar-refractivity contribution is -0.0493. The molecule has 1 unspecified atom stereocenters. The van der Waals surface area contributed by atoms with Crippen LogP contribution in [0.4, 0.5) is 0 Å². The molecule has 2 aromatic carbocycles. The van der Waals surface area contributed by atoms with E-state index < -0.39 is 6.10 Å². The highest BCUT2D eigenvalue weighted by atomic mass is 16.5. The average molecular weight is 361 g/mol. The van der Waals surface area contributed by atoms with Gasteiger partial charge in [0, 0.05) is 28.9 Å². The molecule has 2 bridgehead atoms. The van der Waals surface area contributed by atoms with E-state index in [0.717, 1.165) is 18.5 Å². The smallest absolute Gasteiger partial charge is 0.165 e. The Balaban J connectivity index is 1.70. The lowest BCUT2D eigenvalue weighted by Crippen LogP contribution is -2.65. The lowest BCUT2D eigenvalue weighted by atomic mass is 9.50. The largest absolute Gasteiger partial charge is 0.504 e. The number of hydrogen-bond donors (Lipinski definition) is 2. The fraction of sp³-hybridized carbons (Fsp3) is 0.391. The van der Waals surface area contributed by atoms with Crippen molar-refractivity contribution in [3.05, 3.63) is 71.3 Å². The number of aliphatic hydroxyl groups is 1. The predicted molar refractivity (Wildman–Crippen MR) is 102 cm³/mol. The van der Waals surface area contributed by atoms with Crippen LogP contribution in [0.3, 0.4) is 0 Å². The molecule has 0 aromatic heterocycles. The molecule has 138 valence electrons. The zero-order chi connectivity index (χ0) is 18.3. The number of ether oxygens (including phenoxy) is 1. The Morgan fingerprint density at radius 2 is 1.93 bits per heavy atom. The van der Waals surface area contributed by atoms with Crippen LogP contribution in [0.5, 0.6) is 11.5 Å². The Bertz CT molecular complexity index is 956. The summed E-state index contributed by atoms with van der Waals surface area (Å²) in [5.74, 6) is 1.25. The van der Waals surface area contributed by atoms with E-state index in [4.69, 9.17) is 4.74 Å². The third-order valence-corrected chi connectivity index (χ3v) is 7.40. The molecule has 2 aromatic rings. The number of likely N-dealkylation sites (tertiary alicyclic amines) is 1. The van der Waals surface area contributed by atoms with E-state index in [9.17, 15) is 10.2 Å². The molecule has 4 nitrogen and oxygen atoms in total. The number of aromatic hydroxyl groups is 1. The van der Waals surface area contributed by atoms with Crippen molar-refractivity contribution in [2.24, 2.45) is 5.92 Å². The quantitative estimate of drug-likeness (QED) is 0.767. The second-order valence-corrected chi connectivity index (χ2v) is 8.47. The maximum atomic E-state index is 10.7. The first-order valence-electron chi connectivity index (χ1n) is 9.77. The summed E-state index contributed by atoms with van der Waals surface area (Å²) in [6.45, 7) is 0.958. The molecule has 4 aliphatic rings. The number of nitrogens with zero attached hydrogens (tertiary/aromatic N) is 1. The van der Waals surface area contributed by atoms with Crippen LogP contribution >= 0.6 is 0 Å². The average Bonchev–Trinajstić information content (AvgIpc) is 3.04. The number of benzene rings is 2. The van der Waals surface area contributed by atoms with E-state index in [0.29, 0.717) is 11.8 Å². The van der Waals surface area contributed by atoms with Crippen molar-refractivity contribution >= 4 is 0 Å². The van der Waals surface area contributed by atoms with Crippen molar-refractivity contribution in [2.75, 3.05) is 13.6 Å². The third kappa shape index (κ3) is 1.76. The van der Waals surface area contributed by atoms with Gasteiger partial charge in [0.15, 0.2) is 11.5 Å². The molecule has 4 heteroatoms. The first kappa shape index (κ1) is 15.7. The number of hydrogen-bond acceptors (Lipinski definition) is 4. The molecule has 0 amide bonds. The Labute approximate surface area is 158 Å². The number of piperidine rings is 1. The summed E-state index contributed by atoms with van der Waals surface area (Å²) in [4.78, 5) is 2.47. The number of phenolic OH excluding ortho intramolecular Hbond substituents is 1. The van der Waals surface area contributed by atoms with E-state index >= 15 is 0 Å². The molecule has 0 radical (unpaired) electrons. The van der Waals surface area contributed by atoms with Crippen LogP contribution in [0, 0.1) is 5.92 Å². The predicted octanol–water partition coefficient (Wildman–Crippen LogP) is 2.79. The number of phenols is 1. The summed E-state index contributed by atoms with van der Waals surface area (Å²) < 4.78 is 6.27. The lowest BCUT2D eigenvalue weighted by Gasteiger charge is -2.59. The number of likely N-dealkylation sites (N-methyl/N-ethyl adjacent to an activating group) is 1. The molecule has 2 heterocycles. The monoisotopic (exact) mass is 361 g/mol. The van der Waals surface area contributed by atoms with Crippen LogP contribution < -0.4 is 4.74 Å². The molecular formula is C23H23NO3. The maximum absolute atomic E-state index is 10.7. The SMILES string of the molecule is CN1CC[C@]23c4c5ccc(O)c4O[C@H]2[C@@H](O)C=C[C@H]3[C@H]1C5c1ccccc1. The fourth-order valence-electron chi connectivity index (χ4n) is 6.38. The van der Waals surface area contributed by atoms with Crippen LogP contribution in [0.25, 0.3) is 0 Å². The van der Waals surface area contributed by atoms with Gasteiger partial charge in [0.05, 0.1) is 0 Å². The minimum Gasteiger partial charge on any atom is -0.504 e. The van der Waals surface area contributed by atoms with Crippen LogP contribution in [0.15, 0.2) is 54.6 Å². The summed E-state index contributed by atoms with van der Waals surface area (Å²) in [5.41, 5.74) is 3.42. The third-order valence-electron chi connectivity index (χ3n) is 7.40. The number of aliphatic hydroxyl groups excluding tert-OH is 1. The fourth-order valence-corrected chi connectivity index (χ4v) is 6.38. The van der Waals surface area contributed by atoms with Gasteiger partial charge in [-0.2, -0.15) is 0 Å². The molecule has 0 saturated carbocycles. The van der Waals surface area contributed by atoms with Crippen LogP contribution in [0.1, 0.15) is 29.0 Å². The van der Waals surface area contributed by atoms with Gasteiger partial charge in [0.2, 0.25) is 0 Å². The summed E-state index contributed by atoms with van der Waals surface area (Å²) >= 11 is 0. The highest BCUT2D eigenvalue weighted by molar-refractivity contribution is 5.64. The minimum atomic E-state index is -0.641. The van der Waals surface area contributed by atoms with Crippen molar-refractivity contribution < 1.29 is 14.9 Å². The molecular weight excluding hydrogens is 338 g/mol. The van der Waals surface area contributed by atoms with Crippen LogP contribution in [-0.2, 0) is 5.41 Å². The summed E-state index contributed by atoms with van der Waals surface area (Å²) in [7, 11) is 2.21. The van der Waals surface area contributed by atoms with Gasteiger partial charge in [-0.3, -0.25) is 0 Å². The van der Waals surface area contributed by atoms with Gasteiger partial charge in [-0.05, 0) is 37.2 Å². The highest BCUT2D eigenvalue weighted by Crippen LogP contribution is 2.65. The summed E-state index contributed by atoms with van der Waals surface area (Å²) in [6.07, 6.45) is 4.08. The summed E-state index contributed by atoms with van der Waals surface area (Å²) in [5, 5.41) is 21.3. The van der Waals surface area contributed by atoms with E-state index in [1.807, 2.05) is 6.08 Å². The van der Waals surface area contributed by atoms with Crippen LogP contribution in [0.2, 0.25) is 0 Å². The van der Waals surface area contributed by atoms with E-state index in [2.05, 4.69) is 54.4 Å². The van der Waals surface area contributed by atoms with E-state index in [1.165, 1.54) is 11.1 Å².